The van der Waals surface area contributed by atoms with Gasteiger partial charge in [-0.15, -0.1) is 0 Å². The van der Waals surface area contributed by atoms with Gasteiger partial charge in [-0.2, -0.15) is 0 Å². The van der Waals surface area contributed by atoms with Crippen LogP contribution in [-0.2, 0) is 0 Å². The normalized spacial score (nSPS) is 10.9. The zero-order chi connectivity index (χ0) is 13.3. The number of hydrogen-bond donors (Lipinski definition) is 1. The highest BCUT2D eigenvalue weighted by Crippen LogP contribution is 2.23. The van der Waals surface area contributed by atoms with E-state index in [1.165, 1.54) is 5.56 Å². The number of carbonyl (C=O) groups is 1. The summed E-state index contributed by atoms with van der Waals surface area (Å²) in [5, 5.41) is 3.60. The Morgan fingerprint density at radius 1 is 1.28 bits per heavy atom. The Balaban J connectivity index is 2.74. The maximum Gasteiger partial charge on any atom is 0.251 e. The van der Waals surface area contributed by atoms with E-state index in [0.29, 0.717) is 11.5 Å². The molecular weight excluding hydrogens is 224 g/mol. The van der Waals surface area contributed by atoms with E-state index < -0.39 is 0 Å². The first-order valence-electron chi connectivity index (χ1n) is 6.16. The maximum atomic E-state index is 11.9. The van der Waals surface area contributed by atoms with Crippen LogP contribution >= 0.6 is 0 Å². The standard InChI is InChI=1S/C15H18N2O/c1-9(2)11-5-6-14-12(8-11)13(15(18)16-4)7-10(3)17-14/h5-9H,1-4H3,(H,16,18). The van der Waals surface area contributed by atoms with Crippen LogP contribution in [-0.4, -0.2) is 17.9 Å². The van der Waals surface area contributed by atoms with E-state index in [1.807, 2.05) is 19.1 Å². The molecule has 0 aliphatic carbocycles. The van der Waals surface area contributed by atoms with Crippen LogP contribution in [0.25, 0.3) is 10.9 Å². The molecule has 0 aliphatic heterocycles. The van der Waals surface area contributed by atoms with Gasteiger partial charge in [-0.05, 0) is 36.6 Å². The molecule has 18 heavy (non-hydrogen) atoms. The second-order valence-electron chi connectivity index (χ2n) is 4.82. The Kier molecular flexibility index (Phi) is 3.32. The van der Waals surface area contributed by atoms with Gasteiger partial charge in [-0.1, -0.05) is 19.9 Å². The molecule has 0 spiro atoms. The van der Waals surface area contributed by atoms with Gasteiger partial charge in [-0.3, -0.25) is 9.78 Å². The molecule has 3 heteroatoms. The Hall–Kier alpha value is -1.90. The summed E-state index contributed by atoms with van der Waals surface area (Å²) in [5.41, 5.74) is 3.65. The van der Waals surface area contributed by atoms with Gasteiger partial charge >= 0.3 is 0 Å². The molecular formula is C15H18N2O. The van der Waals surface area contributed by atoms with Gasteiger partial charge < -0.3 is 5.32 Å². The minimum absolute atomic E-state index is 0.0635. The molecule has 0 aliphatic rings. The zero-order valence-electron chi connectivity index (χ0n) is 11.2. The van der Waals surface area contributed by atoms with Crippen molar-refractivity contribution in [2.45, 2.75) is 26.7 Å². The summed E-state index contributed by atoms with van der Waals surface area (Å²) in [6.45, 7) is 6.19. The lowest BCUT2D eigenvalue weighted by atomic mass is 9.98. The number of fused-ring (bicyclic) bond motifs is 1. The molecule has 0 radical (unpaired) electrons. The van der Waals surface area contributed by atoms with E-state index in [2.05, 4.69) is 36.3 Å². The Labute approximate surface area is 107 Å². The van der Waals surface area contributed by atoms with Crippen molar-refractivity contribution >= 4 is 16.8 Å². The fourth-order valence-corrected chi connectivity index (χ4v) is 2.06. The number of aromatic nitrogens is 1. The zero-order valence-corrected chi connectivity index (χ0v) is 11.2. The molecule has 2 aromatic rings. The summed E-state index contributed by atoms with van der Waals surface area (Å²) in [6.07, 6.45) is 0. The lowest BCUT2D eigenvalue weighted by Crippen LogP contribution is -2.18. The predicted molar refractivity (Wildman–Crippen MR) is 74.0 cm³/mol. The van der Waals surface area contributed by atoms with E-state index in [0.717, 1.165) is 16.6 Å². The molecule has 0 unspecified atom stereocenters. The van der Waals surface area contributed by atoms with Crippen LogP contribution in [0.1, 0.15) is 41.4 Å². The molecule has 94 valence electrons. The van der Waals surface area contributed by atoms with Crippen molar-refractivity contribution in [2.24, 2.45) is 0 Å². The third-order valence-corrected chi connectivity index (χ3v) is 3.10. The van der Waals surface area contributed by atoms with Gasteiger partial charge in [0.15, 0.2) is 0 Å². The van der Waals surface area contributed by atoms with Crippen molar-refractivity contribution in [3.63, 3.8) is 0 Å². The Bertz CT molecular complexity index is 603. The molecule has 1 heterocycles. The summed E-state index contributed by atoms with van der Waals surface area (Å²) < 4.78 is 0. The van der Waals surface area contributed by atoms with Crippen LogP contribution < -0.4 is 5.32 Å². The van der Waals surface area contributed by atoms with Crippen LogP contribution in [0.5, 0.6) is 0 Å². The van der Waals surface area contributed by atoms with Crippen LogP contribution in [0, 0.1) is 6.92 Å². The first kappa shape index (κ1) is 12.6. The number of benzene rings is 1. The average molecular weight is 242 g/mol. The fourth-order valence-electron chi connectivity index (χ4n) is 2.06. The molecule has 3 nitrogen and oxygen atoms in total. The van der Waals surface area contributed by atoms with E-state index in [1.54, 1.807) is 7.05 Å². The predicted octanol–water partition coefficient (Wildman–Crippen LogP) is 3.03. The second-order valence-corrected chi connectivity index (χ2v) is 4.82. The summed E-state index contributed by atoms with van der Waals surface area (Å²) in [7, 11) is 1.65. The van der Waals surface area contributed by atoms with Gasteiger partial charge in [-0.25, -0.2) is 0 Å². The van der Waals surface area contributed by atoms with Gasteiger partial charge in [0, 0.05) is 18.1 Å². The van der Waals surface area contributed by atoms with Gasteiger partial charge in [0.25, 0.3) is 5.91 Å². The number of nitrogens with zero attached hydrogens (tertiary/aromatic N) is 1. The number of pyridine rings is 1. The summed E-state index contributed by atoms with van der Waals surface area (Å²) >= 11 is 0. The third-order valence-electron chi connectivity index (χ3n) is 3.10. The fraction of sp³-hybridized carbons (Fsp3) is 0.333. The molecule has 2 rings (SSSR count). The molecule has 0 bridgehead atoms. The first-order chi connectivity index (χ1) is 8.52. The average Bonchev–Trinajstić information content (AvgIpc) is 2.36. The molecule has 0 saturated heterocycles. The number of nitrogens with one attached hydrogen (secondary N) is 1. The first-order valence-corrected chi connectivity index (χ1v) is 6.16. The second kappa shape index (κ2) is 4.77. The SMILES string of the molecule is CNC(=O)c1cc(C)nc2ccc(C(C)C)cc12. The molecule has 1 aromatic carbocycles. The molecule has 1 N–H and O–H groups in total. The van der Waals surface area contributed by atoms with Crippen molar-refractivity contribution in [3.8, 4) is 0 Å². The minimum atomic E-state index is -0.0635. The van der Waals surface area contributed by atoms with Gasteiger partial charge in [0.2, 0.25) is 0 Å². The van der Waals surface area contributed by atoms with Crippen molar-refractivity contribution in [1.82, 2.24) is 10.3 Å². The number of carbonyl (C=O) groups excluding carboxylic acids is 1. The molecule has 1 aromatic heterocycles. The van der Waals surface area contributed by atoms with E-state index in [4.69, 9.17) is 0 Å². The van der Waals surface area contributed by atoms with Crippen molar-refractivity contribution in [2.75, 3.05) is 7.05 Å². The number of aryl methyl sites for hydroxylation is 1. The lowest BCUT2D eigenvalue weighted by Gasteiger charge is -2.10. The van der Waals surface area contributed by atoms with Crippen molar-refractivity contribution < 1.29 is 4.79 Å². The van der Waals surface area contributed by atoms with Crippen LogP contribution in [0.15, 0.2) is 24.3 Å². The number of rotatable bonds is 2. The largest absolute Gasteiger partial charge is 0.355 e. The molecule has 0 atom stereocenters. The summed E-state index contributed by atoms with van der Waals surface area (Å²) in [5.74, 6) is 0.375. The maximum absolute atomic E-state index is 11.9. The van der Waals surface area contributed by atoms with Crippen molar-refractivity contribution in [3.05, 3.63) is 41.1 Å². The van der Waals surface area contributed by atoms with Crippen molar-refractivity contribution in [1.29, 1.82) is 0 Å². The summed E-state index contributed by atoms with van der Waals surface area (Å²) in [6, 6.07) is 7.97. The molecule has 1 amide bonds. The highest BCUT2D eigenvalue weighted by Gasteiger charge is 2.11. The number of hydrogen-bond acceptors (Lipinski definition) is 2. The topological polar surface area (TPSA) is 42.0 Å². The Morgan fingerprint density at radius 3 is 2.61 bits per heavy atom. The number of amides is 1. The van der Waals surface area contributed by atoms with Crippen LogP contribution in [0.2, 0.25) is 0 Å². The smallest absolute Gasteiger partial charge is 0.251 e. The van der Waals surface area contributed by atoms with E-state index >= 15 is 0 Å². The van der Waals surface area contributed by atoms with Crippen LogP contribution in [0.4, 0.5) is 0 Å². The monoisotopic (exact) mass is 242 g/mol. The Morgan fingerprint density at radius 2 is 2.00 bits per heavy atom. The highest BCUT2D eigenvalue weighted by atomic mass is 16.1. The lowest BCUT2D eigenvalue weighted by molar-refractivity contribution is 0.0964. The third kappa shape index (κ3) is 2.21. The van der Waals surface area contributed by atoms with E-state index in [9.17, 15) is 4.79 Å². The quantitative estimate of drug-likeness (QED) is 0.879. The van der Waals surface area contributed by atoms with Gasteiger partial charge in [0.05, 0.1) is 11.1 Å². The van der Waals surface area contributed by atoms with Gasteiger partial charge in [0.1, 0.15) is 0 Å². The minimum Gasteiger partial charge on any atom is -0.355 e. The highest BCUT2D eigenvalue weighted by molar-refractivity contribution is 6.06. The molecule has 0 saturated carbocycles. The van der Waals surface area contributed by atoms with Crippen LogP contribution in [0.3, 0.4) is 0 Å². The summed E-state index contributed by atoms with van der Waals surface area (Å²) in [4.78, 5) is 16.4. The van der Waals surface area contributed by atoms with E-state index in [-0.39, 0.29) is 5.91 Å². The molecule has 0 fully saturated rings.